The number of ether oxygens (including phenoxy) is 2. The van der Waals surface area contributed by atoms with Gasteiger partial charge in [-0.1, -0.05) is 12.1 Å². The molecule has 3 rings (SSSR count). The van der Waals surface area contributed by atoms with Crippen LogP contribution in [0.25, 0.3) is 0 Å². The smallest absolute Gasteiger partial charge is 0.248 e. The Bertz CT molecular complexity index is 713. The van der Waals surface area contributed by atoms with Crippen molar-refractivity contribution in [3.63, 3.8) is 0 Å². The first-order chi connectivity index (χ1) is 12.2. The summed E-state index contributed by atoms with van der Waals surface area (Å²) in [5.41, 5.74) is 0.998. The van der Waals surface area contributed by atoms with Gasteiger partial charge in [0.25, 0.3) is 0 Å². The Balaban J connectivity index is 1.50. The number of benzene rings is 1. The molecule has 0 spiro atoms. The molecule has 0 radical (unpaired) electrons. The van der Waals surface area contributed by atoms with Gasteiger partial charge in [-0.3, -0.25) is 4.79 Å². The van der Waals surface area contributed by atoms with E-state index >= 15 is 0 Å². The molecule has 1 aromatic carbocycles. The fourth-order valence-corrected chi connectivity index (χ4v) is 3.29. The third-order valence-electron chi connectivity index (χ3n) is 4.63. The Labute approximate surface area is 148 Å². The summed E-state index contributed by atoms with van der Waals surface area (Å²) >= 11 is 0. The van der Waals surface area contributed by atoms with Crippen molar-refractivity contribution < 1.29 is 14.3 Å². The van der Waals surface area contributed by atoms with Gasteiger partial charge in [-0.05, 0) is 37.5 Å². The molecule has 1 aliphatic rings. The van der Waals surface area contributed by atoms with Crippen LogP contribution in [0.5, 0.6) is 5.75 Å². The molecule has 25 heavy (non-hydrogen) atoms. The molecule has 1 atom stereocenters. The summed E-state index contributed by atoms with van der Waals surface area (Å²) < 4.78 is 13.0. The largest absolute Gasteiger partial charge is 0.497 e. The van der Waals surface area contributed by atoms with Crippen LogP contribution in [0, 0.1) is 6.92 Å². The minimum absolute atomic E-state index is 0.0466. The van der Waals surface area contributed by atoms with Crippen LogP contribution < -0.4 is 4.74 Å². The minimum atomic E-state index is 0.0466. The summed E-state index contributed by atoms with van der Waals surface area (Å²) in [6, 6.07) is 8.00. The Morgan fingerprint density at radius 3 is 3.04 bits per heavy atom. The first-order valence-corrected chi connectivity index (χ1v) is 8.65. The highest BCUT2D eigenvalue weighted by atomic mass is 16.5. The lowest BCUT2D eigenvalue weighted by Crippen LogP contribution is -2.42. The molecular weight excluding hydrogens is 318 g/mol. The molecule has 1 amide bonds. The predicted molar refractivity (Wildman–Crippen MR) is 94.5 cm³/mol. The number of aryl methyl sites for hydroxylation is 1. The monoisotopic (exact) mass is 343 g/mol. The van der Waals surface area contributed by atoms with Gasteiger partial charge in [-0.15, -0.1) is 0 Å². The van der Waals surface area contributed by atoms with Gasteiger partial charge in [0.05, 0.1) is 19.8 Å². The molecule has 2 heterocycles. The molecule has 1 saturated heterocycles. The van der Waals surface area contributed by atoms with Gasteiger partial charge in [0, 0.05) is 25.5 Å². The van der Waals surface area contributed by atoms with Crippen LogP contribution in [0.1, 0.15) is 30.3 Å². The standard InChI is InChI=1S/C19H25N3O3/c1-15-20-8-10-22(15)17-6-4-9-21(12-17)19(23)14-25-13-16-5-3-7-18(11-16)24-2/h3,5,7-8,10-11,17H,4,6,9,12-14H2,1-2H3. The van der Waals surface area contributed by atoms with E-state index < -0.39 is 0 Å². The van der Waals surface area contributed by atoms with Crippen LogP contribution in [0.2, 0.25) is 0 Å². The number of aromatic nitrogens is 2. The zero-order valence-corrected chi connectivity index (χ0v) is 14.9. The Morgan fingerprint density at radius 2 is 2.28 bits per heavy atom. The van der Waals surface area contributed by atoms with Gasteiger partial charge in [-0.2, -0.15) is 0 Å². The number of methoxy groups -OCH3 is 1. The van der Waals surface area contributed by atoms with E-state index in [0.717, 1.165) is 43.1 Å². The second-order valence-corrected chi connectivity index (χ2v) is 6.36. The third kappa shape index (κ3) is 4.39. The molecule has 0 N–H and O–H groups in total. The van der Waals surface area contributed by atoms with Crippen molar-refractivity contribution in [3.05, 3.63) is 48.0 Å². The summed E-state index contributed by atoms with van der Waals surface area (Å²) in [6.45, 7) is 4.02. The number of nitrogens with zero attached hydrogens (tertiary/aromatic N) is 3. The van der Waals surface area contributed by atoms with Gasteiger partial charge in [-0.25, -0.2) is 4.98 Å². The van der Waals surface area contributed by atoms with E-state index in [0.29, 0.717) is 12.6 Å². The second-order valence-electron chi connectivity index (χ2n) is 6.36. The van der Waals surface area contributed by atoms with Crippen LogP contribution >= 0.6 is 0 Å². The normalized spacial score (nSPS) is 17.5. The van der Waals surface area contributed by atoms with E-state index in [-0.39, 0.29) is 12.5 Å². The number of hydrogen-bond donors (Lipinski definition) is 0. The van der Waals surface area contributed by atoms with E-state index in [1.807, 2.05) is 48.5 Å². The average molecular weight is 343 g/mol. The zero-order valence-electron chi connectivity index (χ0n) is 14.9. The molecule has 1 fully saturated rings. The van der Waals surface area contributed by atoms with Crippen LogP contribution in [-0.4, -0.2) is 47.2 Å². The van der Waals surface area contributed by atoms with Gasteiger partial charge in [0.1, 0.15) is 18.2 Å². The highest BCUT2D eigenvalue weighted by Gasteiger charge is 2.25. The lowest BCUT2D eigenvalue weighted by atomic mass is 10.1. The summed E-state index contributed by atoms with van der Waals surface area (Å²) in [7, 11) is 1.64. The first-order valence-electron chi connectivity index (χ1n) is 8.65. The average Bonchev–Trinajstić information content (AvgIpc) is 3.08. The highest BCUT2D eigenvalue weighted by Crippen LogP contribution is 2.22. The summed E-state index contributed by atoms with van der Waals surface area (Å²) in [4.78, 5) is 18.6. The number of rotatable bonds is 6. The Hall–Kier alpha value is -2.34. The molecule has 134 valence electrons. The molecule has 1 unspecified atom stereocenters. The second kappa shape index (κ2) is 8.16. The summed E-state index contributed by atoms with van der Waals surface area (Å²) in [6.07, 6.45) is 5.89. The SMILES string of the molecule is COc1cccc(COCC(=O)N2CCCC(n3ccnc3C)C2)c1. The van der Waals surface area contributed by atoms with Crippen molar-refractivity contribution in [2.45, 2.75) is 32.4 Å². The van der Waals surface area contributed by atoms with E-state index in [2.05, 4.69) is 9.55 Å². The number of amides is 1. The minimum Gasteiger partial charge on any atom is -0.497 e. The van der Waals surface area contributed by atoms with Gasteiger partial charge >= 0.3 is 0 Å². The molecule has 6 nitrogen and oxygen atoms in total. The van der Waals surface area contributed by atoms with Crippen molar-refractivity contribution in [1.29, 1.82) is 0 Å². The van der Waals surface area contributed by atoms with Crippen LogP contribution in [0.4, 0.5) is 0 Å². The third-order valence-corrected chi connectivity index (χ3v) is 4.63. The quantitative estimate of drug-likeness (QED) is 0.809. The van der Waals surface area contributed by atoms with Gasteiger partial charge in [0.15, 0.2) is 0 Å². The van der Waals surface area contributed by atoms with E-state index in [1.165, 1.54) is 0 Å². The maximum absolute atomic E-state index is 12.5. The van der Waals surface area contributed by atoms with E-state index in [9.17, 15) is 4.79 Å². The Kier molecular flexibility index (Phi) is 5.71. The maximum Gasteiger partial charge on any atom is 0.248 e. The summed E-state index contributed by atoms with van der Waals surface area (Å²) in [5, 5.41) is 0. The van der Waals surface area contributed by atoms with Crippen molar-refractivity contribution in [2.24, 2.45) is 0 Å². The topological polar surface area (TPSA) is 56.6 Å². The van der Waals surface area contributed by atoms with Crippen LogP contribution in [0.3, 0.4) is 0 Å². The molecule has 6 heteroatoms. The first kappa shape index (κ1) is 17.5. The summed E-state index contributed by atoms with van der Waals surface area (Å²) in [5.74, 6) is 1.83. The number of hydrogen-bond acceptors (Lipinski definition) is 4. The Morgan fingerprint density at radius 1 is 1.40 bits per heavy atom. The number of carbonyl (C=O) groups is 1. The van der Waals surface area contributed by atoms with Gasteiger partial charge in [0.2, 0.25) is 5.91 Å². The van der Waals surface area contributed by atoms with Crippen molar-refractivity contribution in [3.8, 4) is 5.75 Å². The maximum atomic E-state index is 12.5. The number of likely N-dealkylation sites (tertiary alicyclic amines) is 1. The van der Waals surface area contributed by atoms with E-state index in [4.69, 9.17) is 9.47 Å². The van der Waals surface area contributed by atoms with Crippen molar-refractivity contribution in [1.82, 2.24) is 14.5 Å². The molecular formula is C19H25N3O3. The molecule has 0 bridgehead atoms. The number of carbonyl (C=O) groups excluding carboxylic acids is 1. The fourth-order valence-electron chi connectivity index (χ4n) is 3.29. The molecule has 2 aromatic rings. The van der Waals surface area contributed by atoms with E-state index in [1.54, 1.807) is 7.11 Å². The highest BCUT2D eigenvalue weighted by molar-refractivity contribution is 5.77. The molecule has 1 aliphatic heterocycles. The lowest BCUT2D eigenvalue weighted by Gasteiger charge is -2.33. The number of imidazole rings is 1. The fraction of sp³-hybridized carbons (Fsp3) is 0.474. The van der Waals surface area contributed by atoms with Crippen LogP contribution in [0.15, 0.2) is 36.7 Å². The molecule has 0 aliphatic carbocycles. The molecule has 0 saturated carbocycles. The van der Waals surface area contributed by atoms with Crippen LogP contribution in [-0.2, 0) is 16.1 Å². The van der Waals surface area contributed by atoms with Crippen molar-refractivity contribution in [2.75, 3.05) is 26.8 Å². The zero-order chi connectivity index (χ0) is 17.6. The van der Waals surface area contributed by atoms with Crippen molar-refractivity contribution >= 4 is 5.91 Å². The predicted octanol–water partition coefficient (Wildman–Crippen LogP) is 2.58. The molecule has 1 aromatic heterocycles. The van der Waals surface area contributed by atoms with Gasteiger partial charge < -0.3 is 18.9 Å². The lowest BCUT2D eigenvalue weighted by molar-refractivity contribution is -0.138. The number of piperidine rings is 1.